The smallest absolute Gasteiger partial charge is 0.0314 e. The van der Waals surface area contributed by atoms with Gasteiger partial charge < -0.3 is 10.6 Å². The normalized spacial score (nSPS) is 19.5. The molecule has 2 heteroatoms. The number of nitrogens with two attached hydrogens (primary N) is 1. The minimum atomic E-state index is 0.637. The standard InChI is InChI=1S/C17H28N2/c1-3-17(4-2)10-13-19(14-11-17)12-9-15-5-7-16(18)8-6-15/h5-8H,3-4,9-14,18H2,1-2H3. The maximum absolute atomic E-state index is 5.72. The maximum atomic E-state index is 5.72. The van der Waals surface area contributed by atoms with Gasteiger partial charge in [0.2, 0.25) is 0 Å². The van der Waals surface area contributed by atoms with Gasteiger partial charge in [0.25, 0.3) is 0 Å². The van der Waals surface area contributed by atoms with Crippen molar-refractivity contribution in [3.63, 3.8) is 0 Å². The number of piperidine rings is 1. The molecule has 0 unspecified atom stereocenters. The van der Waals surface area contributed by atoms with E-state index < -0.39 is 0 Å². The van der Waals surface area contributed by atoms with Crippen LogP contribution in [0.4, 0.5) is 5.69 Å². The summed E-state index contributed by atoms with van der Waals surface area (Å²) < 4.78 is 0. The third-order valence-corrected chi connectivity index (χ3v) is 5.11. The van der Waals surface area contributed by atoms with E-state index in [4.69, 9.17) is 5.73 Å². The van der Waals surface area contributed by atoms with Crippen molar-refractivity contribution in [3.05, 3.63) is 29.8 Å². The van der Waals surface area contributed by atoms with Gasteiger partial charge in [-0.2, -0.15) is 0 Å². The molecule has 1 aromatic rings. The topological polar surface area (TPSA) is 29.3 Å². The quantitative estimate of drug-likeness (QED) is 0.818. The van der Waals surface area contributed by atoms with Crippen molar-refractivity contribution in [2.24, 2.45) is 5.41 Å². The number of benzene rings is 1. The molecule has 0 amide bonds. The van der Waals surface area contributed by atoms with Crippen LogP contribution in [0, 0.1) is 5.41 Å². The Hall–Kier alpha value is -1.02. The van der Waals surface area contributed by atoms with Gasteiger partial charge in [0, 0.05) is 12.2 Å². The molecule has 1 saturated heterocycles. The lowest BCUT2D eigenvalue weighted by Crippen LogP contribution is -2.40. The fourth-order valence-electron chi connectivity index (χ4n) is 3.18. The summed E-state index contributed by atoms with van der Waals surface area (Å²) in [5, 5.41) is 0. The fourth-order valence-corrected chi connectivity index (χ4v) is 3.18. The summed E-state index contributed by atoms with van der Waals surface area (Å²) in [4.78, 5) is 2.62. The summed E-state index contributed by atoms with van der Waals surface area (Å²) in [7, 11) is 0. The second kappa shape index (κ2) is 6.42. The van der Waals surface area contributed by atoms with Crippen LogP contribution in [0.25, 0.3) is 0 Å². The largest absolute Gasteiger partial charge is 0.399 e. The molecule has 1 aliphatic heterocycles. The molecule has 0 saturated carbocycles. The van der Waals surface area contributed by atoms with Crippen LogP contribution in [0.1, 0.15) is 45.1 Å². The number of hydrogen-bond donors (Lipinski definition) is 1. The molecule has 0 radical (unpaired) electrons. The molecule has 2 nitrogen and oxygen atoms in total. The van der Waals surface area contributed by atoms with Gasteiger partial charge in [-0.05, 0) is 55.5 Å². The van der Waals surface area contributed by atoms with Crippen LogP contribution >= 0.6 is 0 Å². The van der Waals surface area contributed by atoms with Crippen molar-refractivity contribution >= 4 is 5.69 Å². The average molecular weight is 260 g/mol. The SMILES string of the molecule is CCC1(CC)CCN(CCc2ccc(N)cc2)CC1. The predicted molar refractivity (Wildman–Crippen MR) is 83.2 cm³/mol. The molecule has 106 valence electrons. The third kappa shape index (κ3) is 3.73. The highest BCUT2D eigenvalue weighted by Crippen LogP contribution is 2.37. The highest BCUT2D eigenvalue weighted by Gasteiger charge is 2.30. The Morgan fingerprint density at radius 2 is 1.63 bits per heavy atom. The molecule has 0 bridgehead atoms. The highest BCUT2D eigenvalue weighted by molar-refractivity contribution is 5.39. The summed E-state index contributed by atoms with van der Waals surface area (Å²) in [6, 6.07) is 8.32. The molecule has 2 rings (SSSR count). The highest BCUT2D eigenvalue weighted by atomic mass is 15.1. The molecule has 0 atom stereocenters. The molecule has 0 spiro atoms. The first-order chi connectivity index (χ1) is 9.17. The summed E-state index contributed by atoms with van der Waals surface area (Å²) >= 11 is 0. The van der Waals surface area contributed by atoms with Crippen molar-refractivity contribution in [2.45, 2.75) is 46.0 Å². The predicted octanol–water partition coefficient (Wildman–Crippen LogP) is 3.71. The van der Waals surface area contributed by atoms with Crippen molar-refractivity contribution in [1.82, 2.24) is 4.90 Å². The van der Waals surface area contributed by atoms with Crippen LogP contribution in [0.5, 0.6) is 0 Å². The number of likely N-dealkylation sites (tertiary alicyclic amines) is 1. The van der Waals surface area contributed by atoms with Crippen molar-refractivity contribution in [3.8, 4) is 0 Å². The van der Waals surface area contributed by atoms with E-state index in [0.29, 0.717) is 5.41 Å². The minimum absolute atomic E-state index is 0.637. The number of anilines is 1. The Morgan fingerprint density at radius 3 is 2.16 bits per heavy atom. The van der Waals surface area contributed by atoms with E-state index in [0.717, 1.165) is 12.1 Å². The molecular weight excluding hydrogens is 232 g/mol. The van der Waals surface area contributed by atoms with E-state index in [1.54, 1.807) is 0 Å². The Morgan fingerprint density at radius 1 is 1.05 bits per heavy atom. The van der Waals surface area contributed by atoms with E-state index in [9.17, 15) is 0 Å². The van der Waals surface area contributed by atoms with Gasteiger partial charge in [0.15, 0.2) is 0 Å². The molecule has 1 aliphatic rings. The zero-order valence-electron chi connectivity index (χ0n) is 12.5. The second-order valence-corrected chi connectivity index (χ2v) is 6.04. The molecular formula is C17H28N2. The Kier molecular flexibility index (Phi) is 4.87. The zero-order chi connectivity index (χ0) is 13.7. The summed E-state index contributed by atoms with van der Waals surface area (Å²) in [6.07, 6.45) is 6.58. The number of hydrogen-bond acceptors (Lipinski definition) is 2. The molecule has 1 heterocycles. The number of nitrogens with zero attached hydrogens (tertiary/aromatic N) is 1. The van der Waals surface area contributed by atoms with Crippen LogP contribution in [-0.2, 0) is 6.42 Å². The third-order valence-electron chi connectivity index (χ3n) is 5.11. The van der Waals surface area contributed by atoms with Gasteiger partial charge in [-0.25, -0.2) is 0 Å². The van der Waals surface area contributed by atoms with Crippen LogP contribution in [0.15, 0.2) is 24.3 Å². The van der Waals surface area contributed by atoms with Crippen molar-refractivity contribution in [1.29, 1.82) is 0 Å². The van der Waals surface area contributed by atoms with Gasteiger partial charge in [0.05, 0.1) is 0 Å². The lowest BCUT2D eigenvalue weighted by atomic mass is 9.74. The van der Waals surface area contributed by atoms with Gasteiger partial charge in [0.1, 0.15) is 0 Å². The zero-order valence-corrected chi connectivity index (χ0v) is 12.5. The molecule has 1 aromatic carbocycles. The number of rotatable bonds is 5. The van der Waals surface area contributed by atoms with E-state index in [-0.39, 0.29) is 0 Å². The summed E-state index contributed by atoms with van der Waals surface area (Å²) in [5.41, 5.74) is 8.61. The lowest BCUT2D eigenvalue weighted by molar-refractivity contribution is 0.0963. The lowest BCUT2D eigenvalue weighted by Gasteiger charge is -2.41. The first-order valence-corrected chi connectivity index (χ1v) is 7.74. The molecule has 1 fully saturated rings. The Balaban J connectivity index is 1.78. The molecule has 0 aromatic heterocycles. The maximum Gasteiger partial charge on any atom is 0.0314 e. The van der Waals surface area contributed by atoms with Crippen LogP contribution < -0.4 is 5.73 Å². The Labute approximate surface area is 118 Å². The summed E-state index contributed by atoms with van der Waals surface area (Å²) in [6.45, 7) is 8.45. The first kappa shape index (κ1) is 14.4. The van der Waals surface area contributed by atoms with Crippen LogP contribution in [-0.4, -0.2) is 24.5 Å². The van der Waals surface area contributed by atoms with Gasteiger partial charge in [-0.15, -0.1) is 0 Å². The van der Waals surface area contributed by atoms with E-state index in [1.807, 2.05) is 12.1 Å². The van der Waals surface area contributed by atoms with Crippen molar-refractivity contribution < 1.29 is 0 Å². The van der Waals surface area contributed by atoms with E-state index in [2.05, 4.69) is 30.9 Å². The second-order valence-electron chi connectivity index (χ2n) is 6.04. The average Bonchev–Trinajstić information content (AvgIpc) is 2.47. The fraction of sp³-hybridized carbons (Fsp3) is 0.647. The van der Waals surface area contributed by atoms with Gasteiger partial charge in [-0.3, -0.25) is 0 Å². The minimum Gasteiger partial charge on any atom is -0.399 e. The molecule has 19 heavy (non-hydrogen) atoms. The molecule has 2 N–H and O–H groups in total. The number of nitrogen functional groups attached to an aromatic ring is 1. The summed E-state index contributed by atoms with van der Waals surface area (Å²) in [5.74, 6) is 0. The van der Waals surface area contributed by atoms with Crippen LogP contribution in [0.2, 0.25) is 0 Å². The van der Waals surface area contributed by atoms with Gasteiger partial charge >= 0.3 is 0 Å². The van der Waals surface area contributed by atoms with Crippen molar-refractivity contribution in [2.75, 3.05) is 25.4 Å². The van der Waals surface area contributed by atoms with E-state index in [1.165, 1.54) is 50.9 Å². The van der Waals surface area contributed by atoms with Gasteiger partial charge in [-0.1, -0.05) is 38.8 Å². The van der Waals surface area contributed by atoms with Crippen LogP contribution in [0.3, 0.4) is 0 Å². The Bertz CT molecular complexity index is 369. The monoisotopic (exact) mass is 260 g/mol. The van der Waals surface area contributed by atoms with E-state index >= 15 is 0 Å². The first-order valence-electron chi connectivity index (χ1n) is 7.74. The molecule has 0 aliphatic carbocycles.